The van der Waals surface area contributed by atoms with Crippen molar-refractivity contribution >= 4 is 5.82 Å². The van der Waals surface area contributed by atoms with Gasteiger partial charge in [-0.05, 0) is 24.3 Å². The molecule has 0 aliphatic heterocycles. The fourth-order valence-electron chi connectivity index (χ4n) is 1.47. The topological polar surface area (TPSA) is 70.8 Å². The van der Waals surface area contributed by atoms with Gasteiger partial charge in [0.2, 0.25) is 0 Å². The van der Waals surface area contributed by atoms with Crippen molar-refractivity contribution in [2.24, 2.45) is 5.73 Å². The van der Waals surface area contributed by atoms with Crippen LogP contribution in [0.25, 0.3) is 11.4 Å². The molecule has 5 nitrogen and oxygen atoms in total. The number of nitrogens with two attached hydrogens (primary N) is 1. The molecule has 0 aliphatic carbocycles. The standard InChI is InChI=1S/C11H15N5/c1-16(8-6-12)11-5-4-10(14-15-11)9-3-2-7-13-9/h2-5,7,13H,6,8,12H2,1H3. The van der Waals surface area contributed by atoms with Gasteiger partial charge < -0.3 is 15.6 Å². The first-order valence-corrected chi connectivity index (χ1v) is 5.20. The van der Waals surface area contributed by atoms with Crippen molar-refractivity contribution in [1.82, 2.24) is 15.2 Å². The molecule has 2 rings (SSSR count). The van der Waals surface area contributed by atoms with E-state index in [1.165, 1.54) is 0 Å². The van der Waals surface area contributed by atoms with Gasteiger partial charge in [-0.15, -0.1) is 10.2 Å². The zero-order chi connectivity index (χ0) is 11.4. The molecule has 3 N–H and O–H groups in total. The Balaban J connectivity index is 2.16. The number of hydrogen-bond donors (Lipinski definition) is 2. The average molecular weight is 217 g/mol. The van der Waals surface area contributed by atoms with Crippen LogP contribution in [0.2, 0.25) is 0 Å². The van der Waals surface area contributed by atoms with Crippen LogP contribution < -0.4 is 10.6 Å². The third kappa shape index (κ3) is 2.20. The Hall–Kier alpha value is -1.88. The molecule has 84 valence electrons. The second kappa shape index (κ2) is 4.76. The lowest BCUT2D eigenvalue weighted by Crippen LogP contribution is -2.25. The van der Waals surface area contributed by atoms with E-state index in [-0.39, 0.29) is 0 Å². The number of aromatic nitrogens is 3. The predicted octanol–water partition coefficient (Wildman–Crippen LogP) is 0.867. The van der Waals surface area contributed by atoms with E-state index >= 15 is 0 Å². The van der Waals surface area contributed by atoms with Gasteiger partial charge in [0.1, 0.15) is 5.69 Å². The number of rotatable bonds is 4. The summed E-state index contributed by atoms with van der Waals surface area (Å²) in [6.45, 7) is 1.38. The van der Waals surface area contributed by atoms with E-state index in [1.54, 1.807) is 0 Å². The quantitative estimate of drug-likeness (QED) is 0.797. The van der Waals surface area contributed by atoms with Gasteiger partial charge in [0.05, 0.1) is 5.69 Å². The van der Waals surface area contributed by atoms with Crippen LogP contribution in [-0.4, -0.2) is 35.3 Å². The largest absolute Gasteiger partial charge is 0.360 e. The van der Waals surface area contributed by atoms with Crippen LogP contribution >= 0.6 is 0 Å². The number of anilines is 1. The summed E-state index contributed by atoms with van der Waals surface area (Å²) in [6.07, 6.45) is 1.87. The van der Waals surface area contributed by atoms with Gasteiger partial charge in [-0.25, -0.2) is 0 Å². The molecule has 0 saturated carbocycles. The van der Waals surface area contributed by atoms with Gasteiger partial charge in [-0.3, -0.25) is 0 Å². The molecule has 0 aliphatic rings. The van der Waals surface area contributed by atoms with Crippen LogP contribution in [0.1, 0.15) is 0 Å². The van der Waals surface area contributed by atoms with Crippen molar-refractivity contribution in [1.29, 1.82) is 0 Å². The first-order chi connectivity index (χ1) is 7.81. The first kappa shape index (κ1) is 10.6. The minimum absolute atomic E-state index is 0.608. The molecule has 0 bridgehead atoms. The highest BCUT2D eigenvalue weighted by Crippen LogP contribution is 2.15. The van der Waals surface area contributed by atoms with Gasteiger partial charge in [-0.1, -0.05) is 0 Å². The molecular formula is C11H15N5. The Morgan fingerprint density at radius 1 is 1.31 bits per heavy atom. The minimum atomic E-state index is 0.608. The minimum Gasteiger partial charge on any atom is -0.360 e. The van der Waals surface area contributed by atoms with E-state index in [0.717, 1.165) is 23.8 Å². The summed E-state index contributed by atoms with van der Waals surface area (Å²) < 4.78 is 0. The molecule has 16 heavy (non-hydrogen) atoms. The lowest BCUT2D eigenvalue weighted by Gasteiger charge is -2.15. The fourth-order valence-corrected chi connectivity index (χ4v) is 1.47. The van der Waals surface area contributed by atoms with Crippen LogP contribution in [0.4, 0.5) is 5.82 Å². The lowest BCUT2D eigenvalue weighted by molar-refractivity contribution is 0.848. The summed E-state index contributed by atoms with van der Waals surface area (Å²) in [5.41, 5.74) is 7.29. The van der Waals surface area contributed by atoms with Gasteiger partial charge in [0.25, 0.3) is 0 Å². The molecule has 5 heteroatoms. The van der Waals surface area contributed by atoms with Crippen molar-refractivity contribution in [3.63, 3.8) is 0 Å². The summed E-state index contributed by atoms with van der Waals surface area (Å²) >= 11 is 0. The van der Waals surface area contributed by atoms with E-state index in [9.17, 15) is 0 Å². The molecule has 2 aromatic heterocycles. The predicted molar refractivity (Wildman–Crippen MR) is 64.1 cm³/mol. The van der Waals surface area contributed by atoms with Crippen LogP contribution in [0, 0.1) is 0 Å². The number of nitrogens with zero attached hydrogens (tertiary/aromatic N) is 3. The smallest absolute Gasteiger partial charge is 0.151 e. The Kier molecular flexibility index (Phi) is 3.16. The van der Waals surface area contributed by atoms with E-state index < -0.39 is 0 Å². The second-order valence-electron chi connectivity index (χ2n) is 3.57. The molecular weight excluding hydrogens is 202 g/mol. The third-order valence-corrected chi connectivity index (χ3v) is 2.38. The molecule has 0 fully saturated rings. The lowest BCUT2D eigenvalue weighted by atomic mass is 10.3. The number of hydrogen-bond acceptors (Lipinski definition) is 4. The van der Waals surface area contributed by atoms with Crippen LogP contribution in [0.5, 0.6) is 0 Å². The van der Waals surface area contributed by atoms with E-state index in [2.05, 4.69) is 15.2 Å². The zero-order valence-electron chi connectivity index (χ0n) is 9.22. The summed E-state index contributed by atoms with van der Waals surface area (Å²) in [7, 11) is 1.95. The monoisotopic (exact) mass is 217 g/mol. The maximum absolute atomic E-state index is 5.48. The van der Waals surface area contributed by atoms with Gasteiger partial charge in [-0.2, -0.15) is 0 Å². The molecule has 0 saturated heterocycles. The van der Waals surface area contributed by atoms with Crippen molar-refractivity contribution in [2.45, 2.75) is 0 Å². The first-order valence-electron chi connectivity index (χ1n) is 5.20. The van der Waals surface area contributed by atoms with Crippen LogP contribution in [-0.2, 0) is 0 Å². The van der Waals surface area contributed by atoms with E-state index in [4.69, 9.17) is 5.73 Å². The third-order valence-electron chi connectivity index (χ3n) is 2.38. The van der Waals surface area contributed by atoms with Crippen LogP contribution in [0.3, 0.4) is 0 Å². The van der Waals surface area contributed by atoms with E-state index in [1.807, 2.05) is 42.4 Å². The number of likely N-dealkylation sites (N-methyl/N-ethyl adjacent to an activating group) is 1. The summed E-state index contributed by atoms with van der Waals surface area (Å²) in [6, 6.07) is 7.79. The molecule has 2 aromatic rings. The average Bonchev–Trinajstić information content (AvgIpc) is 2.83. The zero-order valence-corrected chi connectivity index (χ0v) is 9.22. The maximum Gasteiger partial charge on any atom is 0.151 e. The Bertz CT molecular complexity index is 420. The van der Waals surface area contributed by atoms with Gasteiger partial charge in [0, 0.05) is 26.3 Å². The number of nitrogens with one attached hydrogen (secondary N) is 1. The summed E-state index contributed by atoms with van der Waals surface area (Å²) in [5.74, 6) is 0.834. The molecule has 0 unspecified atom stereocenters. The van der Waals surface area contributed by atoms with E-state index in [0.29, 0.717) is 6.54 Å². The second-order valence-corrected chi connectivity index (χ2v) is 3.57. The Labute approximate surface area is 94.3 Å². The molecule has 0 atom stereocenters. The fraction of sp³-hybridized carbons (Fsp3) is 0.273. The number of aromatic amines is 1. The SMILES string of the molecule is CN(CCN)c1ccc(-c2ccc[nH]2)nn1. The van der Waals surface area contributed by atoms with Crippen molar-refractivity contribution < 1.29 is 0 Å². The van der Waals surface area contributed by atoms with Gasteiger partial charge in [0.15, 0.2) is 5.82 Å². The molecule has 0 radical (unpaired) electrons. The van der Waals surface area contributed by atoms with Crippen molar-refractivity contribution in [3.8, 4) is 11.4 Å². The van der Waals surface area contributed by atoms with Crippen molar-refractivity contribution in [2.75, 3.05) is 25.0 Å². The Morgan fingerprint density at radius 2 is 2.19 bits per heavy atom. The normalized spacial score (nSPS) is 10.4. The highest BCUT2D eigenvalue weighted by atomic mass is 15.2. The summed E-state index contributed by atoms with van der Waals surface area (Å²) in [4.78, 5) is 5.07. The molecule has 0 amide bonds. The highest BCUT2D eigenvalue weighted by molar-refractivity contribution is 5.55. The molecule has 2 heterocycles. The maximum atomic E-state index is 5.48. The van der Waals surface area contributed by atoms with Crippen molar-refractivity contribution in [3.05, 3.63) is 30.5 Å². The van der Waals surface area contributed by atoms with Crippen LogP contribution in [0.15, 0.2) is 30.5 Å². The number of H-pyrrole nitrogens is 1. The molecule has 0 spiro atoms. The Morgan fingerprint density at radius 3 is 2.75 bits per heavy atom. The summed E-state index contributed by atoms with van der Waals surface area (Å²) in [5, 5.41) is 8.31. The highest BCUT2D eigenvalue weighted by Gasteiger charge is 2.04. The van der Waals surface area contributed by atoms with Gasteiger partial charge >= 0.3 is 0 Å². The molecule has 0 aromatic carbocycles.